The summed E-state index contributed by atoms with van der Waals surface area (Å²) in [6.45, 7) is 5.73. The van der Waals surface area contributed by atoms with Crippen molar-refractivity contribution in [3.63, 3.8) is 0 Å². The van der Waals surface area contributed by atoms with Gasteiger partial charge in [0.05, 0.1) is 23.0 Å². The van der Waals surface area contributed by atoms with Crippen LogP contribution < -0.4 is 5.32 Å². The van der Waals surface area contributed by atoms with Gasteiger partial charge in [0.25, 0.3) is 5.91 Å². The van der Waals surface area contributed by atoms with Crippen molar-refractivity contribution in [2.45, 2.75) is 26.8 Å². The summed E-state index contributed by atoms with van der Waals surface area (Å²) < 4.78 is 3.53. The van der Waals surface area contributed by atoms with Gasteiger partial charge < -0.3 is 5.32 Å². The Morgan fingerprint density at radius 3 is 2.58 bits per heavy atom. The van der Waals surface area contributed by atoms with Gasteiger partial charge in [-0.05, 0) is 38.5 Å². The van der Waals surface area contributed by atoms with Gasteiger partial charge in [-0.1, -0.05) is 18.2 Å². The van der Waals surface area contributed by atoms with E-state index in [1.54, 1.807) is 15.6 Å². The summed E-state index contributed by atoms with van der Waals surface area (Å²) >= 11 is 0. The molecule has 0 aliphatic rings. The molecule has 1 N–H and O–H groups in total. The van der Waals surface area contributed by atoms with Crippen LogP contribution in [0.2, 0.25) is 0 Å². The van der Waals surface area contributed by atoms with Crippen molar-refractivity contribution in [3.05, 3.63) is 65.2 Å². The Morgan fingerprint density at radius 2 is 1.96 bits per heavy atom. The molecule has 0 aliphatic carbocycles. The molecule has 1 amide bonds. The number of nitrogens with zero attached hydrogens (tertiary/aromatic N) is 4. The smallest absolute Gasteiger partial charge is 0.255 e. The lowest BCUT2D eigenvalue weighted by Crippen LogP contribution is -2.28. The van der Waals surface area contributed by atoms with Gasteiger partial charge in [0, 0.05) is 25.1 Å². The van der Waals surface area contributed by atoms with Crippen LogP contribution in [0.5, 0.6) is 0 Å². The number of hydrogen-bond donors (Lipinski definition) is 1. The van der Waals surface area contributed by atoms with E-state index in [9.17, 15) is 4.79 Å². The van der Waals surface area contributed by atoms with Crippen LogP contribution in [-0.2, 0) is 7.05 Å². The molecule has 2 heterocycles. The second kappa shape index (κ2) is 6.31. The van der Waals surface area contributed by atoms with Crippen LogP contribution in [0.4, 0.5) is 0 Å². The first-order valence-corrected chi connectivity index (χ1v) is 7.89. The predicted molar refractivity (Wildman–Crippen MR) is 92.1 cm³/mol. The van der Waals surface area contributed by atoms with Crippen LogP contribution >= 0.6 is 0 Å². The molecule has 0 bridgehead atoms. The maximum atomic E-state index is 12.7. The normalized spacial score (nSPS) is 12.2. The molecule has 1 atom stereocenters. The molecule has 6 heteroatoms. The monoisotopic (exact) mass is 323 g/mol. The largest absolute Gasteiger partial charge is 0.345 e. The molecule has 1 aromatic carbocycles. The second-order valence-corrected chi connectivity index (χ2v) is 5.87. The van der Waals surface area contributed by atoms with E-state index < -0.39 is 0 Å². The van der Waals surface area contributed by atoms with Gasteiger partial charge in [0.1, 0.15) is 0 Å². The Morgan fingerprint density at radius 1 is 1.21 bits per heavy atom. The third kappa shape index (κ3) is 2.82. The zero-order valence-electron chi connectivity index (χ0n) is 14.3. The molecule has 0 spiro atoms. The molecule has 0 saturated carbocycles. The van der Waals surface area contributed by atoms with Crippen LogP contribution in [0.3, 0.4) is 0 Å². The molecule has 24 heavy (non-hydrogen) atoms. The lowest BCUT2D eigenvalue weighted by Gasteiger charge is -2.18. The minimum atomic E-state index is -0.156. The molecule has 2 aromatic heterocycles. The summed E-state index contributed by atoms with van der Waals surface area (Å²) in [5, 5.41) is 11.7. The molecule has 3 aromatic rings. The Balaban J connectivity index is 1.88. The Hall–Kier alpha value is -2.89. The molecule has 0 radical (unpaired) electrons. The zero-order chi connectivity index (χ0) is 17.3. The van der Waals surface area contributed by atoms with Crippen molar-refractivity contribution in [1.29, 1.82) is 0 Å². The maximum absolute atomic E-state index is 12.7. The first-order chi connectivity index (χ1) is 11.5. The van der Waals surface area contributed by atoms with Gasteiger partial charge in [0.15, 0.2) is 0 Å². The fourth-order valence-electron chi connectivity index (χ4n) is 2.92. The van der Waals surface area contributed by atoms with E-state index in [0.717, 1.165) is 22.6 Å². The van der Waals surface area contributed by atoms with Gasteiger partial charge in [-0.2, -0.15) is 10.2 Å². The number of para-hydroxylation sites is 1. The second-order valence-electron chi connectivity index (χ2n) is 5.87. The van der Waals surface area contributed by atoms with E-state index in [1.807, 2.05) is 64.3 Å². The number of carbonyl (C=O) groups excluding carboxylic acids is 1. The average molecular weight is 323 g/mol. The number of rotatable bonds is 4. The molecule has 6 nitrogen and oxygen atoms in total. The van der Waals surface area contributed by atoms with Crippen molar-refractivity contribution in [2.75, 3.05) is 0 Å². The van der Waals surface area contributed by atoms with E-state index in [0.29, 0.717) is 5.56 Å². The Bertz CT molecular complexity index is 864. The molecule has 3 rings (SSSR count). The molecule has 1 unspecified atom stereocenters. The highest BCUT2D eigenvalue weighted by atomic mass is 16.1. The van der Waals surface area contributed by atoms with Crippen molar-refractivity contribution in [3.8, 4) is 5.69 Å². The third-order valence-electron chi connectivity index (χ3n) is 4.24. The fraction of sp³-hybridized carbons (Fsp3) is 0.278. The highest BCUT2D eigenvalue weighted by Gasteiger charge is 2.20. The highest BCUT2D eigenvalue weighted by Crippen LogP contribution is 2.22. The van der Waals surface area contributed by atoms with Gasteiger partial charge in [-0.3, -0.25) is 9.48 Å². The van der Waals surface area contributed by atoms with Gasteiger partial charge in [-0.15, -0.1) is 0 Å². The lowest BCUT2D eigenvalue weighted by molar-refractivity contribution is 0.0938. The molecule has 0 fully saturated rings. The minimum Gasteiger partial charge on any atom is -0.345 e. The number of nitrogens with one attached hydrogen (secondary N) is 1. The van der Waals surface area contributed by atoms with E-state index in [2.05, 4.69) is 15.5 Å². The van der Waals surface area contributed by atoms with E-state index >= 15 is 0 Å². The van der Waals surface area contributed by atoms with E-state index in [-0.39, 0.29) is 11.9 Å². The van der Waals surface area contributed by atoms with Crippen molar-refractivity contribution < 1.29 is 4.79 Å². The van der Waals surface area contributed by atoms with Gasteiger partial charge in [0.2, 0.25) is 0 Å². The summed E-state index contributed by atoms with van der Waals surface area (Å²) in [6.07, 6.45) is 3.63. The quantitative estimate of drug-likeness (QED) is 0.803. The first kappa shape index (κ1) is 16.0. The molecular formula is C18H21N5O. The first-order valence-electron chi connectivity index (χ1n) is 7.89. The summed E-state index contributed by atoms with van der Waals surface area (Å²) in [4.78, 5) is 12.7. The summed E-state index contributed by atoms with van der Waals surface area (Å²) in [7, 11) is 1.84. The van der Waals surface area contributed by atoms with Crippen molar-refractivity contribution in [1.82, 2.24) is 24.9 Å². The lowest BCUT2D eigenvalue weighted by atomic mass is 10.0. The standard InChI is InChI=1S/C18H21N5O/c1-12(20-18(24)17-13(2)21-22(4)14(17)3)15-8-5-6-9-16(15)23-11-7-10-19-23/h5-12H,1-4H3,(H,20,24). The number of aryl methyl sites for hydroxylation is 2. The summed E-state index contributed by atoms with van der Waals surface area (Å²) in [6, 6.07) is 9.64. The topological polar surface area (TPSA) is 64.7 Å². The van der Waals surface area contributed by atoms with Gasteiger partial charge >= 0.3 is 0 Å². The predicted octanol–water partition coefficient (Wildman–Crippen LogP) is 2.71. The molecule has 0 saturated heterocycles. The molecule has 124 valence electrons. The summed E-state index contributed by atoms with van der Waals surface area (Å²) in [5.74, 6) is -0.110. The number of carbonyl (C=O) groups is 1. The number of benzene rings is 1. The Kier molecular flexibility index (Phi) is 4.20. The molecular weight excluding hydrogens is 302 g/mol. The number of aromatic nitrogens is 4. The average Bonchev–Trinajstić information content (AvgIpc) is 3.16. The minimum absolute atomic E-state index is 0.110. The van der Waals surface area contributed by atoms with Crippen LogP contribution in [0.1, 0.15) is 40.3 Å². The Labute approximate surface area is 141 Å². The maximum Gasteiger partial charge on any atom is 0.255 e. The van der Waals surface area contributed by atoms with Crippen molar-refractivity contribution >= 4 is 5.91 Å². The van der Waals surface area contributed by atoms with Gasteiger partial charge in [-0.25, -0.2) is 4.68 Å². The van der Waals surface area contributed by atoms with Crippen molar-refractivity contribution in [2.24, 2.45) is 7.05 Å². The van der Waals surface area contributed by atoms with E-state index in [1.165, 1.54) is 0 Å². The number of hydrogen-bond acceptors (Lipinski definition) is 3. The SMILES string of the molecule is Cc1nn(C)c(C)c1C(=O)NC(C)c1ccccc1-n1cccn1. The van der Waals surface area contributed by atoms with E-state index in [4.69, 9.17) is 0 Å². The summed E-state index contributed by atoms with van der Waals surface area (Å²) in [5.41, 5.74) is 4.20. The third-order valence-corrected chi connectivity index (χ3v) is 4.24. The van der Waals surface area contributed by atoms with Crippen LogP contribution in [0.25, 0.3) is 5.69 Å². The molecule has 0 aliphatic heterocycles. The highest BCUT2D eigenvalue weighted by molar-refractivity contribution is 5.96. The number of amides is 1. The zero-order valence-corrected chi connectivity index (χ0v) is 14.3. The van der Waals surface area contributed by atoms with Crippen LogP contribution in [-0.4, -0.2) is 25.5 Å². The van der Waals surface area contributed by atoms with Crippen LogP contribution in [0, 0.1) is 13.8 Å². The fourth-order valence-corrected chi connectivity index (χ4v) is 2.92. The van der Waals surface area contributed by atoms with Crippen LogP contribution in [0.15, 0.2) is 42.7 Å².